The number of aromatic nitrogens is 3. The molecule has 7 nitrogen and oxygen atoms in total. The molecule has 0 aromatic carbocycles. The van der Waals surface area contributed by atoms with E-state index in [1.165, 1.54) is 0 Å². The summed E-state index contributed by atoms with van der Waals surface area (Å²) in [5.74, 6) is 1.65. The number of fused-ring (bicyclic) bond motifs is 1. The van der Waals surface area contributed by atoms with E-state index >= 15 is 0 Å². The predicted molar refractivity (Wildman–Crippen MR) is 106 cm³/mol. The minimum Gasteiger partial charge on any atom is -0.368 e. The van der Waals surface area contributed by atoms with Crippen LogP contribution in [0.25, 0.3) is 11.4 Å². The quantitative estimate of drug-likeness (QED) is 0.808. The Bertz CT molecular complexity index is 776. The average Bonchev–Trinajstić information content (AvgIpc) is 2.71. The van der Waals surface area contributed by atoms with Gasteiger partial charge < -0.3 is 15.1 Å². The van der Waals surface area contributed by atoms with Gasteiger partial charge >= 0.3 is 0 Å². The summed E-state index contributed by atoms with van der Waals surface area (Å²) >= 11 is 0. The van der Waals surface area contributed by atoms with Crippen LogP contribution < -0.4 is 5.32 Å². The summed E-state index contributed by atoms with van der Waals surface area (Å²) in [5.41, 5.74) is 2.99. The van der Waals surface area contributed by atoms with Gasteiger partial charge in [0.2, 0.25) is 5.91 Å². The lowest BCUT2D eigenvalue weighted by Gasteiger charge is -2.29. The number of nitrogens with zero attached hydrogens (tertiary/aromatic N) is 5. The molecule has 0 aliphatic carbocycles. The van der Waals surface area contributed by atoms with E-state index in [9.17, 15) is 4.79 Å². The molecule has 0 fully saturated rings. The van der Waals surface area contributed by atoms with Crippen molar-refractivity contribution in [3.8, 4) is 11.4 Å². The van der Waals surface area contributed by atoms with Crippen LogP contribution in [-0.4, -0.2) is 63.4 Å². The summed E-state index contributed by atoms with van der Waals surface area (Å²) in [7, 11) is 0. The Morgan fingerprint density at radius 3 is 2.63 bits per heavy atom. The lowest BCUT2D eigenvalue weighted by molar-refractivity contribution is -0.129. The van der Waals surface area contributed by atoms with Gasteiger partial charge in [0.05, 0.1) is 12.2 Å². The van der Waals surface area contributed by atoms with Crippen LogP contribution >= 0.6 is 0 Å². The minimum atomic E-state index is 0.0840. The summed E-state index contributed by atoms with van der Waals surface area (Å²) < 4.78 is 0. The van der Waals surface area contributed by atoms with Gasteiger partial charge in [0, 0.05) is 50.1 Å². The molecule has 0 atom stereocenters. The second-order valence-corrected chi connectivity index (χ2v) is 6.70. The van der Waals surface area contributed by atoms with E-state index in [0.29, 0.717) is 18.9 Å². The molecule has 3 heterocycles. The van der Waals surface area contributed by atoms with Gasteiger partial charge in [-0.05, 0) is 31.6 Å². The number of likely N-dealkylation sites (N-methyl/N-ethyl adjacent to an activating group) is 1. The Kier molecular flexibility index (Phi) is 6.34. The summed E-state index contributed by atoms with van der Waals surface area (Å²) in [6.45, 7) is 11.1. The van der Waals surface area contributed by atoms with Gasteiger partial charge in [-0.1, -0.05) is 13.8 Å². The largest absolute Gasteiger partial charge is 0.368 e. The molecule has 1 aliphatic heterocycles. The first-order chi connectivity index (χ1) is 13.1. The van der Waals surface area contributed by atoms with Crippen molar-refractivity contribution in [3.05, 3.63) is 35.8 Å². The van der Waals surface area contributed by atoms with Crippen LogP contribution in [0.15, 0.2) is 24.5 Å². The molecule has 0 saturated carbocycles. The van der Waals surface area contributed by atoms with Crippen molar-refractivity contribution in [2.24, 2.45) is 0 Å². The molecular formula is C20H28N6O. The van der Waals surface area contributed by atoms with E-state index in [1.54, 1.807) is 19.3 Å². The maximum Gasteiger partial charge on any atom is 0.219 e. The van der Waals surface area contributed by atoms with Crippen molar-refractivity contribution < 1.29 is 4.79 Å². The maximum atomic E-state index is 11.8. The first-order valence-corrected chi connectivity index (χ1v) is 9.64. The zero-order valence-electron chi connectivity index (χ0n) is 16.4. The van der Waals surface area contributed by atoms with Gasteiger partial charge in [-0.25, -0.2) is 9.97 Å². The number of pyridine rings is 1. The highest BCUT2D eigenvalue weighted by molar-refractivity contribution is 5.74. The Balaban J connectivity index is 1.89. The molecule has 1 aliphatic rings. The Morgan fingerprint density at radius 2 is 1.96 bits per heavy atom. The summed E-state index contributed by atoms with van der Waals surface area (Å²) in [6, 6.07) is 3.82. The van der Waals surface area contributed by atoms with Crippen molar-refractivity contribution in [1.82, 2.24) is 24.8 Å². The smallest absolute Gasteiger partial charge is 0.219 e. The average molecular weight is 368 g/mol. The van der Waals surface area contributed by atoms with Crippen molar-refractivity contribution in [1.29, 1.82) is 0 Å². The third kappa shape index (κ3) is 4.60. The molecule has 0 unspecified atom stereocenters. The Labute approximate surface area is 160 Å². The standard InChI is InChI=1S/C20H28N6O/c1-4-25(5-2)13-11-22-20-17-8-12-26(15(3)27)14-18(17)23-19(24-20)16-6-9-21-10-7-16/h6-7,9-10H,4-5,8,11-14H2,1-3H3,(H,22,23,24). The second kappa shape index (κ2) is 8.90. The molecule has 1 N–H and O–H groups in total. The van der Waals surface area contributed by atoms with Crippen LogP contribution in [0.3, 0.4) is 0 Å². The fourth-order valence-electron chi connectivity index (χ4n) is 3.35. The number of carbonyl (C=O) groups excluding carboxylic acids is 1. The van der Waals surface area contributed by atoms with Crippen LogP contribution in [-0.2, 0) is 17.8 Å². The second-order valence-electron chi connectivity index (χ2n) is 6.70. The van der Waals surface area contributed by atoms with Crippen LogP contribution in [0.1, 0.15) is 32.0 Å². The van der Waals surface area contributed by atoms with E-state index in [1.807, 2.05) is 17.0 Å². The predicted octanol–water partition coefficient (Wildman–Crippen LogP) is 2.20. The molecule has 0 saturated heterocycles. The van der Waals surface area contributed by atoms with Gasteiger partial charge in [-0.15, -0.1) is 0 Å². The van der Waals surface area contributed by atoms with Gasteiger partial charge in [-0.2, -0.15) is 0 Å². The monoisotopic (exact) mass is 368 g/mol. The lowest BCUT2D eigenvalue weighted by atomic mass is 10.0. The molecule has 2 aromatic rings. The van der Waals surface area contributed by atoms with E-state index < -0.39 is 0 Å². The van der Waals surface area contributed by atoms with Crippen LogP contribution in [0.5, 0.6) is 0 Å². The van der Waals surface area contributed by atoms with Crippen molar-refractivity contribution in [3.63, 3.8) is 0 Å². The molecule has 3 rings (SSSR count). The Hall–Kier alpha value is -2.54. The van der Waals surface area contributed by atoms with E-state index in [2.05, 4.69) is 29.0 Å². The molecule has 27 heavy (non-hydrogen) atoms. The molecule has 144 valence electrons. The zero-order valence-corrected chi connectivity index (χ0v) is 16.4. The van der Waals surface area contributed by atoms with Crippen molar-refractivity contribution >= 4 is 11.7 Å². The van der Waals surface area contributed by atoms with Crippen molar-refractivity contribution in [2.75, 3.05) is 38.0 Å². The molecule has 0 radical (unpaired) electrons. The highest BCUT2D eigenvalue weighted by Gasteiger charge is 2.24. The van der Waals surface area contributed by atoms with Gasteiger partial charge in [-0.3, -0.25) is 9.78 Å². The first kappa shape index (κ1) is 19.2. The molecule has 7 heteroatoms. The van der Waals surface area contributed by atoms with E-state index in [0.717, 1.165) is 55.2 Å². The fourth-order valence-corrected chi connectivity index (χ4v) is 3.35. The summed E-state index contributed by atoms with van der Waals surface area (Å²) in [4.78, 5) is 29.7. The first-order valence-electron chi connectivity index (χ1n) is 9.64. The SMILES string of the molecule is CCN(CC)CCNc1nc(-c2ccncc2)nc2c1CCN(C(C)=O)C2. The van der Waals surface area contributed by atoms with Crippen LogP contribution in [0, 0.1) is 0 Å². The normalized spacial score (nSPS) is 13.6. The number of hydrogen-bond donors (Lipinski definition) is 1. The third-order valence-corrected chi connectivity index (χ3v) is 5.06. The molecule has 0 spiro atoms. The number of hydrogen-bond acceptors (Lipinski definition) is 6. The maximum absolute atomic E-state index is 11.8. The number of amides is 1. The molecule has 2 aromatic heterocycles. The molecule has 0 bridgehead atoms. The van der Waals surface area contributed by atoms with E-state index in [-0.39, 0.29) is 5.91 Å². The minimum absolute atomic E-state index is 0.0840. The Morgan fingerprint density at radius 1 is 1.22 bits per heavy atom. The molecular weight excluding hydrogens is 340 g/mol. The number of carbonyl (C=O) groups is 1. The van der Waals surface area contributed by atoms with Crippen molar-refractivity contribution in [2.45, 2.75) is 33.7 Å². The topological polar surface area (TPSA) is 74.2 Å². The van der Waals surface area contributed by atoms with Gasteiger partial charge in [0.1, 0.15) is 5.82 Å². The van der Waals surface area contributed by atoms with Crippen LogP contribution in [0.2, 0.25) is 0 Å². The highest BCUT2D eigenvalue weighted by atomic mass is 16.2. The number of anilines is 1. The summed E-state index contributed by atoms with van der Waals surface area (Å²) in [5, 5.41) is 3.51. The lowest BCUT2D eigenvalue weighted by Crippen LogP contribution is -2.36. The van der Waals surface area contributed by atoms with E-state index in [4.69, 9.17) is 9.97 Å². The summed E-state index contributed by atoms with van der Waals surface area (Å²) in [6.07, 6.45) is 4.26. The van der Waals surface area contributed by atoms with Gasteiger partial charge in [0.25, 0.3) is 0 Å². The molecule has 1 amide bonds. The van der Waals surface area contributed by atoms with Crippen LogP contribution in [0.4, 0.5) is 5.82 Å². The highest BCUT2D eigenvalue weighted by Crippen LogP contribution is 2.27. The zero-order chi connectivity index (χ0) is 19.2. The van der Waals surface area contributed by atoms with Gasteiger partial charge in [0.15, 0.2) is 5.82 Å². The third-order valence-electron chi connectivity index (χ3n) is 5.06. The number of nitrogens with one attached hydrogen (secondary N) is 1. The fraction of sp³-hybridized carbons (Fsp3) is 0.500. The number of rotatable bonds is 7.